The van der Waals surface area contributed by atoms with Crippen LogP contribution >= 0.6 is 0 Å². The van der Waals surface area contributed by atoms with Crippen molar-refractivity contribution < 1.29 is 0 Å². The molecule has 0 atom stereocenters. The molecular weight excluding hydrogens is 637 g/mol. The molecule has 0 N–H and O–H groups in total. The van der Waals surface area contributed by atoms with Crippen molar-refractivity contribution in [3.05, 3.63) is 193 Å². The quantitative estimate of drug-likeness (QED) is 0.129. The Hall–Kier alpha value is -6.50. The summed E-state index contributed by atoms with van der Waals surface area (Å²) in [6.07, 6.45) is 0. The molecule has 0 radical (unpaired) electrons. The van der Waals surface area contributed by atoms with Crippen LogP contribution in [0.4, 0.5) is 0 Å². The maximum Gasteiger partial charge on any atom is 0.0165 e. The summed E-state index contributed by atoms with van der Waals surface area (Å²) in [5, 5.41) is 12.8. The molecule has 0 amide bonds. The molecule has 10 aromatic carbocycles. The third kappa shape index (κ3) is 4.36. The van der Waals surface area contributed by atoms with Crippen LogP contribution in [-0.4, -0.2) is 0 Å². The Morgan fingerprint density at radius 3 is 1.43 bits per heavy atom. The van der Waals surface area contributed by atoms with E-state index in [9.17, 15) is 0 Å². The molecule has 0 spiro atoms. The predicted molar refractivity (Wildman–Crippen MR) is 228 cm³/mol. The molecule has 0 fully saturated rings. The highest BCUT2D eigenvalue weighted by molar-refractivity contribution is 6.25. The topological polar surface area (TPSA) is 0 Å². The summed E-state index contributed by atoms with van der Waals surface area (Å²) in [5.74, 6) is 0. The van der Waals surface area contributed by atoms with Crippen molar-refractivity contribution in [3.63, 3.8) is 0 Å². The first kappa shape index (κ1) is 30.2. The van der Waals surface area contributed by atoms with E-state index in [1.165, 1.54) is 109 Å². The van der Waals surface area contributed by atoms with Crippen molar-refractivity contribution in [2.24, 2.45) is 0 Å². The lowest BCUT2D eigenvalue weighted by Gasteiger charge is -2.25. The Balaban J connectivity index is 1.10. The molecule has 0 saturated carbocycles. The Kier molecular flexibility index (Phi) is 6.40. The second-order valence-corrected chi connectivity index (χ2v) is 15.2. The number of rotatable bonds is 3. The zero-order valence-corrected chi connectivity index (χ0v) is 29.8. The van der Waals surface area contributed by atoms with Gasteiger partial charge >= 0.3 is 0 Å². The number of hydrogen-bond donors (Lipinski definition) is 0. The van der Waals surface area contributed by atoms with Gasteiger partial charge in [0.2, 0.25) is 0 Å². The fourth-order valence-electron chi connectivity index (χ4n) is 9.61. The van der Waals surface area contributed by atoms with Crippen LogP contribution in [0.2, 0.25) is 0 Å². The maximum atomic E-state index is 2.41. The van der Waals surface area contributed by atoms with Crippen molar-refractivity contribution in [2.45, 2.75) is 19.3 Å². The lowest BCUT2D eigenvalue weighted by molar-refractivity contribution is 0.663. The van der Waals surface area contributed by atoms with Gasteiger partial charge < -0.3 is 0 Å². The number of hydrogen-bond acceptors (Lipinski definition) is 0. The van der Waals surface area contributed by atoms with E-state index in [-0.39, 0.29) is 5.41 Å². The largest absolute Gasteiger partial charge is 0.0616 e. The van der Waals surface area contributed by atoms with Crippen LogP contribution in [0.25, 0.3) is 98.4 Å². The number of fused-ring (bicyclic) bond motifs is 9. The standard InChI is InChI=1S/C53H36/c1-53(2)49-32-36-15-4-3-14-35(36)30-47(49)46-25-13-24-39(52(46)53)33-26-28-34(29-27-33)50-42-20-9-11-22-44(42)51(45-23-12-10-21-43(45)50)48-31-37-16-5-6-17-38(37)40-18-7-8-19-41(40)48/h3-32H,1-2H3. The lowest BCUT2D eigenvalue weighted by Crippen LogP contribution is -2.16. The molecule has 1 aliphatic carbocycles. The summed E-state index contributed by atoms with van der Waals surface area (Å²) in [7, 11) is 0. The average molecular weight is 673 g/mol. The highest BCUT2D eigenvalue weighted by Gasteiger charge is 2.37. The molecule has 0 bridgehead atoms. The van der Waals surface area contributed by atoms with E-state index in [4.69, 9.17) is 0 Å². The minimum atomic E-state index is -0.112. The molecule has 248 valence electrons. The smallest absolute Gasteiger partial charge is 0.0165 e. The second kappa shape index (κ2) is 11.2. The zero-order valence-electron chi connectivity index (χ0n) is 29.8. The first-order valence-corrected chi connectivity index (χ1v) is 18.7. The van der Waals surface area contributed by atoms with Gasteiger partial charge in [-0.3, -0.25) is 0 Å². The van der Waals surface area contributed by atoms with Crippen molar-refractivity contribution in [3.8, 4) is 44.5 Å². The van der Waals surface area contributed by atoms with Crippen LogP contribution in [-0.2, 0) is 5.41 Å². The summed E-state index contributed by atoms with van der Waals surface area (Å²) < 4.78 is 0. The monoisotopic (exact) mass is 672 g/mol. The SMILES string of the molecule is CC1(C)c2cc3ccccc3cc2-c2cccc(-c3ccc(-c4c5ccccc5c(-c5cc6ccccc6c6ccccc56)c5ccccc45)cc3)c21. The third-order valence-corrected chi connectivity index (χ3v) is 12.0. The molecule has 1 aliphatic rings. The predicted octanol–water partition coefficient (Wildman–Crippen LogP) is 14.8. The molecule has 11 rings (SSSR count). The Labute approximate surface area is 309 Å². The van der Waals surface area contributed by atoms with Gasteiger partial charge in [0.15, 0.2) is 0 Å². The van der Waals surface area contributed by atoms with Crippen LogP contribution in [0.1, 0.15) is 25.0 Å². The Morgan fingerprint density at radius 2 is 0.774 bits per heavy atom. The van der Waals surface area contributed by atoms with Gasteiger partial charge in [0.05, 0.1) is 0 Å². The molecular formula is C53H36. The van der Waals surface area contributed by atoms with Gasteiger partial charge in [-0.25, -0.2) is 0 Å². The third-order valence-electron chi connectivity index (χ3n) is 12.0. The second-order valence-electron chi connectivity index (χ2n) is 15.2. The fraction of sp³-hybridized carbons (Fsp3) is 0.0566. The molecule has 10 aromatic rings. The molecule has 0 heterocycles. The molecule has 0 nitrogen and oxygen atoms in total. The van der Waals surface area contributed by atoms with Crippen molar-refractivity contribution in [1.82, 2.24) is 0 Å². The van der Waals surface area contributed by atoms with E-state index in [0.29, 0.717) is 0 Å². The Morgan fingerprint density at radius 1 is 0.302 bits per heavy atom. The van der Waals surface area contributed by atoms with Gasteiger partial charge in [0.25, 0.3) is 0 Å². The minimum absolute atomic E-state index is 0.112. The first-order valence-electron chi connectivity index (χ1n) is 18.7. The summed E-state index contributed by atoms with van der Waals surface area (Å²) in [4.78, 5) is 0. The first-order chi connectivity index (χ1) is 26.1. The van der Waals surface area contributed by atoms with Crippen LogP contribution in [0, 0.1) is 0 Å². The van der Waals surface area contributed by atoms with E-state index >= 15 is 0 Å². The van der Waals surface area contributed by atoms with Gasteiger partial charge in [-0.05, 0) is 128 Å². The van der Waals surface area contributed by atoms with E-state index < -0.39 is 0 Å². The van der Waals surface area contributed by atoms with Crippen molar-refractivity contribution >= 4 is 53.9 Å². The summed E-state index contributed by atoms with van der Waals surface area (Å²) in [6, 6.07) is 67.9. The Bertz CT molecular complexity index is 3060. The van der Waals surface area contributed by atoms with Crippen LogP contribution < -0.4 is 0 Å². The minimum Gasteiger partial charge on any atom is -0.0616 e. The van der Waals surface area contributed by atoms with E-state index in [0.717, 1.165) is 0 Å². The molecule has 0 unspecified atom stereocenters. The summed E-state index contributed by atoms with van der Waals surface area (Å²) in [6.45, 7) is 4.78. The molecule has 0 saturated heterocycles. The number of benzene rings is 10. The summed E-state index contributed by atoms with van der Waals surface area (Å²) >= 11 is 0. The van der Waals surface area contributed by atoms with Crippen molar-refractivity contribution in [2.75, 3.05) is 0 Å². The van der Waals surface area contributed by atoms with Crippen LogP contribution in [0.5, 0.6) is 0 Å². The summed E-state index contributed by atoms with van der Waals surface area (Å²) in [5.41, 5.74) is 13.1. The van der Waals surface area contributed by atoms with Crippen LogP contribution in [0.3, 0.4) is 0 Å². The van der Waals surface area contributed by atoms with E-state index in [1.807, 2.05) is 0 Å². The van der Waals surface area contributed by atoms with Gasteiger partial charge in [-0.2, -0.15) is 0 Å². The normalized spacial score (nSPS) is 13.2. The molecule has 53 heavy (non-hydrogen) atoms. The van der Waals surface area contributed by atoms with E-state index in [1.54, 1.807) is 0 Å². The van der Waals surface area contributed by atoms with Gasteiger partial charge in [-0.15, -0.1) is 0 Å². The van der Waals surface area contributed by atoms with Crippen molar-refractivity contribution in [1.29, 1.82) is 0 Å². The fourth-order valence-corrected chi connectivity index (χ4v) is 9.61. The molecule has 0 heteroatoms. The van der Waals surface area contributed by atoms with E-state index in [2.05, 4.69) is 196 Å². The lowest BCUT2D eigenvalue weighted by atomic mass is 9.78. The highest BCUT2D eigenvalue weighted by atomic mass is 14.4. The van der Waals surface area contributed by atoms with Gasteiger partial charge in [-0.1, -0.05) is 178 Å². The molecule has 0 aliphatic heterocycles. The zero-order chi connectivity index (χ0) is 35.3. The molecule has 0 aromatic heterocycles. The highest BCUT2D eigenvalue weighted by Crippen LogP contribution is 2.53. The maximum absolute atomic E-state index is 2.41. The average Bonchev–Trinajstić information content (AvgIpc) is 3.44. The van der Waals surface area contributed by atoms with Crippen LogP contribution in [0.15, 0.2) is 182 Å². The van der Waals surface area contributed by atoms with Gasteiger partial charge in [0, 0.05) is 5.41 Å². The van der Waals surface area contributed by atoms with Gasteiger partial charge in [0.1, 0.15) is 0 Å².